The lowest BCUT2D eigenvalue weighted by molar-refractivity contribution is -0.133. The van der Waals surface area contributed by atoms with E-state index >= 15 is 0 Å². The molecule has 19 heavy (non-hydrogen) atoms. The highest BCUT2D eigenvalue weighted by Crippen LogP contribution is 2.22. The van der Waals surface area contributed by atoms with E-state index in [1.165, 1.54) is 5.56 Å². The zero-order valence-electron chi connectivity index (χ0n) is 10.8. The first kappa shape index (κ1) is 13.6. The third-order valence-electron chi connectivity index (χ3n) is 2.66. The lowest BCUT2D eigenvalue weighted by Crippen LogP contribution is -2.01. The molecule has 0 aliphatic heterocycles. The molecule has 0 saturated heterocycles. The van der Waals surface area contributed by atoms with Gasteiger partial charge in [0.25, 0.3) is 0 Å². The number of carboxylic acid groups (broad SMARTS) is 1. The Bertz CT molecular complexity index is 581. The number of thioether (sulfide) groups is 1. The van der Waals surface area contributed by atoms with Gasteiger partial charge in [-0.25, -0.2) is 0 Å². The summed E-state index contributed by atoms with van der Waals surface area (Å²) in [6.07, 6.45) is 1.60. The number of carbonyl (C=O) groups is 1. The molecule has 0 radical (unpaired) electrons. The number of carboxylic acids is 1. The molecule has 0 aliphatic carbocycles. The molecule has 100 valence electrons. The minimum absolute atomic E-state index is 0.0252. The maximum absolute atomic E-state index is 10.6. The fourth-order valence-electron chi connectivity index (χ4n) is 1.66. The molecule has 5 nitrogen and oxygen atoms in total. The normalized spacial score (nSPS) is 10.9. The summed E-state index contributed by atoms with van der Waals surface area (Å²) in [5.41, 5.74) is 2.17. The van der Waals surface area contributed by atoms with Crippen molar-refractivity contribution >= 4 is 17.7 Å². The van der Waals surface area contributed by atoms with E-state index in [1.807, 2.05) is 12.1 Å². The van der Waals surface area contributed by atoms with Crippen LogP contribution in [-0.4, -0.2) is 31.6 Å². The lowest BCUT2D eigenvalue weighted by Gasteiger charge is -2.09. The van der Waals surface area contributed by atoms with Crippen LogP contribution in [0.5, 0.6) is 0 Å². The van der Waals surface area contributed by atoms with Crippen LogP contribution in [0.1, 0.15) is 25.3 Å². The Hall–Kier alpha value is -1.82. The minimum atomic E-state index is -0.865. The summed E-state index contributed by atoms with van der Waals surface area (Å²) >= 11 is 1.16. The number of aromatic nitrogens is 3. The summed E-state index contributed by atoms with van der Waals surface area (Å²) < 4.78 is 1.81. The number of hydrogen-bond donors (Lipinski definition) is 1. The predicted octanol–water partition coefficient (Wildman–Crippen LogP) is 2.57. The Morgan fingerprint density at radius 1 is 1.47 bits per heavy atom. The second-order valence-electron chi connectivity index (χ2n) is 4.42. The highest BCUT2D eigenvalue weighted by molar-refractivity contribution is 7.99. The zero-order valence-corrected chi connectivity index (χ0v) is 11.6. The quantitative estimate of drug-likeness (QED) is 0.851. The highest BCUT2D eigenvalue weighted by atomic mass is 32.2. The van der Waals surface area contributed by atoms with Gasteiger partial charge >= 0.3 is 5.97 Å². The molecule has 0 aliphatic rings. The maximum atomic E-state index is 10.6. The third kappa shape index (κ3) is 3.35. The van der Waals surface area contributed by atoms with Gasteiger partial charge in [0.2, 0.25) is 0 Å². The fraction of sp³-hybridized carbons (Fsp3) is 0.308. The van der Waals surface area contributed by atoms with Gasteiger partial charge in [-0.15, -0.1) is 10.2 Å². The highest BCUT2D eigenvalue weighted by Gasteiger charge is 2.10. The summed E-state index contributed by atoms with van der Waals surface area (Å²) in [6.45, 7) is 4.26. The lowest BCUT2D eigenvalue weighted by atomic mass is 10.0. The van der Waals surface area contributed by atoms with E-state index in [0.29, 0.717) is 11.1 Å². The van der Waals surface area contributed by atoms with Gasteiger partial charge in [-0.3, -0.25) is 9.36 Å². The van der Waals surface area contributed by atoms with Gasteiger partial charge in [-0.05, 0) is 23.6 Å². The molecule has 2 rings (SSSR count). The molecule has 6 heteroatoms. The van der Waals surface area contributed by atoms with Crippen LogP contribution in [0.4, 0.5) is 0 Å². The predicted molar refractivity (Wildman–Crippen MR) is 73.8 cm³/mol. The molecule has 0 bridgehead atoms. The van der Waals surface area contributed by atoms with Crippen LogP contribution in [0.3, 0.4) is 0 Å². The van der Waals surface area contributed by atoms with Gasteiger partial charge in [-0.2, -0.15) is 0 Å². The summed E-state index contributed by atoms with van der Waals surface area (Å²) in [7, 11) is 0. The Kier molecular flexibility index (Phi) is 4.21. The van der Waals surface area contributed by atoms with Crippen LogP contribution in [0.25, 0.3) is 5.69 Å². The molecular weight excluding hydrogens is 262 g/mol. The molecule has 1 N–H and O–H groups in total. The van der Waals surface area contributed by atoms with E-state index < -0.39 is 5.97 Å². The van der Waals surface area contributed by atoms with Crippen LogP contribution in [0.15, 0.2) is 35.7 Å². The Morgan fingerprint density at radius 2 is 2.26 bits per heavy atom. The summed E-state index contributed by atoms with van der Waals surface area (Å²) in [5.74, 6) is -0.454. The molecule has 1 aromatic heterocycles. The van der Waals surface area contributed by atoms with Gasteiger partial charge in [0.15, 0.2) is 5.16 Å². The Labute approximate surface area is 115 Å². The average Bonchev–Trinajstić information content (AvgIpc) is 2.84. The molecule has 0 saturated carbocycles. The maximum Gasteiger partial charge on any atom is 0.313 e. The standard InChI is InChI=1S/C13H15N3O2S/c1-9(2)10-4-3-5-11(6-10)16-8-14-15-13(16)19-7-12(17)18/h3-6,8-9H,7H2,1-2H3,(H,17,18). The van der Waals surface area contributed by atoms with Gasteiger partial charge in [0.1, 0.15) is 6.33 Å². The van der Waals surface area contributed by atoms with Crippen LogP contribution < -0.4 is 0 Å². The molecule has 1 heterocycles. The number of rotatable bonds is 5. The van der Waals surface area contributed by atoms with Crippen molar-refractivity contribution in [3.8, 4) is 5.69 Å². The second-order valence-corrected chi connectivity index (χ2v) is 5.36. The monoisotopic (exact) mass is 277 g/mol. The van der Waals surface area contributed by atoms with Crippen molar-refractivity contribution in [2.75, 3.05) is 5.75 Å². The molecular formula is C13H15N3O2S. The van der Waals surface area contributed by atoms with Gasteiger partial charge in [0.05, 0.1) is 5.75 Å². The van der Waals surface area contributed by atoms with Gasteiger partial charge < -0.3 is 5.11 Å². The topological polar surface area (TPSA) is 68.0 Å². The molecule has 0 spiro atoms. The molecule has 1 aromatic carbocycles. The van der Waals surface area contributed by atoms with E-state index in [2.05, 4.69) is 36.2 Å². The first-order chi connectivity index (χ1) is 9.08. The summed E-state index contributed by atoms with van der Waals surface area (Å²) in [6, 6.07) is 8.08. The number of benzene rings is 1. The largest absolute Gasteiger partial charge is 0.481 e. The van der Waals surface area contributed by atoms with Gasteiger partial charge in [-0.1, -0.05) is 37.7 Å². The minimum Gasteiger partial charge on any atom is -0.481 e. The van der Waals surface area contributed by atoms with E-state index in [1.54, 1.807) is 10.9 Å². The molecule has 0 unspecified atom stereocenters. The molecule has 0 fully saturated rings. The van der Waals surface area contributed by atoms with Gasteiger partial charge in [0, 0.05) is 5.69 Å². The number of hydrogen-bond acceptors (Lipinski definition) is 4. The van der Waals surface area contributed by atoms with Crippen LogP contribution in [-0.2, 0) is 4.79 Å². The van der Waals surface area contributed by atoms with E-state index in [9.17, 15) is 4.79 Å². The summed E-state index contributed by atoms with van der Waals surface area (Å²) in [5, 5.41) is 17.1. The Morgan fingerprint density at radius 3 is 2.95 bits per heavy atom. The van der Waals surface area contributed by atoms with Crippen molar-refractivity contribution in [3.05, 3.63) is 36.2 Å². The van der Waals surface area contributed by atoms with Crippen LogP contribution >= 0.6 is 11.8 Å². The SMILES string of the molecule is CC(C)c1cccc(-n2cnnc2SCC(=O)O)c1. The first-order valence-corrected chi connectivity index (χ1v) is 6.91. The van der Waals surface area contributed by atoms with Crippen LogP contribution in [0.2, 0.25) is 0 Å². The van der Waals surface area contributed by atoms with Crippen molar-refractivity contribution in [1.29, 1.82) is 0 Å². The van der Waals surface area contributed by atoms with Crippen molar-refractivity contribution in [2.45, 2.75) is 24.9 Å². The number of nitrogens with zero attached hydrogens (tertiary/aromatic N) is 3. The first-order valence-electron chi connectivity index (χ1n) is 5.93. The smallest absolute Gasteiger partial charge is 0.313 e. The zero-order chi connectivity index (χ0) is 13.8. The Balaban J connectivity index is 2.29. The third-order valence-corrected chi connectivity index (χ3v) is 3.58. The molecule has 0 amide bonds. The summed E-state index contributed by atoms with van der Waals surface area (Å²) in [4.78, 5) is 10.6. The van der Waals surface area contributed by atoms with Crippen LogP contribution in [0, 0.1) is 0 Å². The fourth-order valence-corrected chi connectivity index (χ4v) is 2.31. The van der Waals surface area contributed by atoms with Crippen molar-refractivity contribution in [3.63, 3.8) is 0 Å². The average molecular weight is 277 g/mol. The number of aliphatic carboxylic acids is 1. The molecule has 0 atom stereocenters. The molecule has 2 aromatic rings. The van der Waals surface area contributed by atoms with E-state index in [4.69, 9.17) is 5.11 Å². The van der Waals surface area contributed by atoms with E-state index in [-0.39, 0.29) is 5.75 Å². The van der Waals surface area contributed by atoms with Crippen molar-refractivity contribution in [1.82, 2.24) is 14.8 Å². The van der Waals surface area contributed by atoms with E-state index in [0.717, 1.165) is 17.4 Å². The van der Waals surface area contributed by atoms with Crippen molar-refractivity contribution in [2.24, 2.45) is 0 Å². The van der Waals surface area contributed by atoms with Crippen molar-refractivity contribution < 1.29 is 9.90 Å². The second kappa shape index (κ2) is 5.88.